The van der Waals surface area contributed by atoms with Crippen LogP contribution in [0.1, 0.15) is 13.3 Å². The van der Waals surface area contributed by atoms with Crippen LogP contribution in [0.4, 0.5) is 10.5 Å². The number of halogens is 1. The molecule has 1 aromatic carbocycles. The lowest BCUT2D eigenvalue weighted by molar-refractivity contribution is 0.129. The van der Waals surface area contributed by atoms with Crippen molar-refractivity contribution in [2.75, 3.05) is 31.5 Å². The number of carbonyl (C=O) groups excluding carboxylic acids is 1. The molecule has 1 aliphatic rings. The maximum absolute atomic E-state index is 12.2. The van der Waals surface area contributed by atoms with Crippen LogP contribution in [0.15, 0.2) is 24.3 Å². The van der Waals surface area contributed by atoms with Crippen molar-refractivity contribution in [3.8, 4) is 6.07 Å². The van der Waals surface area contributed by atoms with Crippen LogP contribution in [-0.2, 0) is 0 Å². The minimum atomic E-state index is -0.109. The van der Waals surface area contributed by atoms with Crippen molar-refractivity contribution < 1.29 is 4.79 Å². The Morgan fingerprint density at radius 1 is 1.33 bits per heavy atom. The average molecular weight is 307 g/mol. The van der Waals surface area contributed by atoms with E-state index in [1.165, 1.54) is 0 Å². The molecule has 0 aromatic heterocycles. The van der Waals surface area contributed by atoms with Crippen LogP contribution in [0.5, 0.6) is 0 Å². The van der Waals surface area contributed by atoms with Crippen LogP contribution in [0.25, 0.3) is 0 Å². The summed E-state index contributed by atoms with van der Waals surface area (Å²) in [7, 11) is 0. The summed E-state index contributed by atoms with van der Waals surface area (Å²) >= 11 is 5.82. The summed E-state index contributed by atoms with van der Waals surface area (Å²) < 4.78 is 0. The highest BCUT2D eigenvalue weighted by Crippen LogP contribution is 2.15. The molecule has 1 unspecified atom stereocenters. The summed E-state index contributed by atoms with van der Waals surface area (Å²) in [5.41, 5.74) is 0.732. The number of rotatable bonds is 3. The second-order valence-electron chi connectivity index (χ2n) is 5.01. The van der Waals surface area contributed by atoms with Crippen LogP contribution in [-0.4, -0.2) is 48.1 Å². The molecule has 1 heterocycles. The molecule has 1 aliphatic heterocycles. The van der Waals surface area contributed by atoms with E-state index < -0.39 is 0 Å². The standard InChI is InChI=1S/C15H19ClN4O/c1-2-14(11-17)19-7-9-20(10-8-19)15(21)18-13-5-3-12(16)4-6-13/h3-6,14H,2,7-10H2,1H3,(H,18,21). The molecule has 2 amide bonds. The van der Waals surface area contributed by atoms with E-state index in [2.05, 4.69) is 16.3 Å². The summed E-state index contributed by atoms with van der Waals surface area (Å²) in [5, 5.41) is 12.6. The van der Waals surface area contributed by atoms with Gasteiger partial charge in [-0.25, -0.2) is 4.79 Å². The van der Waals surface area contributed by atoms with Gasteiger partial charge in [0.25, 0.3) is 0 Å². The molecular weight excluding hydrogens is 288 g/mol. The number of urea groups is 1. The van der Waals surface area contributed by atoms with Gasteiger partial charge in [0.15, 0.2) is 0 Å². The van der Waals surface area contributed by atoms with Gasteiger partial charge in [-0.2, -0.15) is 5.26 Å². The quantitative estimate of drug-likeness (QED) is 0.934. The van der Waals surface area contributed by atoms with E-state index in [-0.39, 0.29) is 12.1 Å². The number of nitrogens with one attached hydrogen (secondary N) is 1. The van der Waals surface area contributed by atoms with E-state index in [9.17, 15) is 4.79 Å². The van der Waals surface area contributed by atoms with Crippen molar-refractivity contribution >= 4 is 23.3 Å². The monoisotopic (exact) mass is 306 g/mol. The number of hydrogen-bond acceptors (Lipinski definition) is 3. The van der Waals surface area contributed by atoms with E-state index in [1.807, 2.05) is 6.92 Å². The van der Waals surface area contributed by atoms with Gasteiger partial charge in [-0.15, -0.1) is 0 Å². The number of hydrogen-bond donors (Lipinski definition) is 1. The highest BCUT2D eigenvalue weighted by atomic mass is 35.5. The van der Waals surface area contributed by atoms with Gasteiger partial charge in [-0.1, -0.05) is 18.5 Å². The smallest absolute Gasteiger partial charge is 0.321 e. The maximum atomic E-state index is 12.2. The molecule has 0 aliphatic carbocycles. The molecule has 1 atom stereocenters. The van der Waals surface area contributed by atoms with Gasteiger partial charge in [0.2, 0.25) is 0 Å². The molecule has 0 saturated carbocycles. The summed E-state index contributed by atoms with van der Waals surface area (Å²) in [6.45, 7) is 4.75. The van der Waals surface area contributed by atoms with Gasteiger partial charge >= 0.3 is 6.03 Å². The third-order valence-electron chi connectivity index (χ3n) is 3.67. The van der Waals surface area contributed by atoms with Gasteiger partial charge in [0.1, 0.15) is 0 Å². The highest BCUT2D eigenvalue weighted by molar-refractivity contribution is 6.30. The molecule has 1 N–H and O–H groups in total. The normalized spacial score (nSPS) is 17.1. The van der Waals surface area contributed by atoms with Gasteiger partial charge in [0, 0.05) is 36.9 Å². The van der Waals surface area contributed by atoms with Crippen LogP contribution in [0, 0.1) is 11.3 Å². The molecule has 1 aromatic rings. The number of nitriles is 1. The zero-order valence-electron chi connectivity index (χ0n) is 12.1. The molecule has 1 saturated heterocycles. The SMILES string of the molecule is CCC(C#N)N1CCN(C(=O)Nc2ccc(Cl)cc2)CC1. The summed E-state index contributed by atoms with van der Waals surface area (Å²) in [5.74, 6) is 0. The molecule has 2 rings (SSSR count). The lowest BCUT2D eigenvalue weighted by Gasteiger charge is -2.36. The number of carbonyl (C=O) groups is 1. The largest absolute Gasteiger partial charge is 0.322 e. The Balaban J connectivity index is 1.86. The lowest BCUT2D eigenvalue weighted by atomic mass is 10.2. The second kappa shape index (κ2) is 7.30. The van der Waals surface area contributed by atoms with Gasteiger partial charge in [0.05, 0.1) is 12.1 Å². The van der Waals surface area contributed by atoms with E-state index in [4.69, 9.17) is 16.9 Å². The Kier molecular flexibility index (Phi) is 5.43. The Labute approximate surface area is 130 Å². The average Bonchev–Trinajstić information content (AvgIpc) is 2.51. The highest BCUT2D eigenvalue weighted by Gasteiger charge is 2.25. The number of nitrogens with zero attached hydrogens (tertiary/aromatic N) is 3. The first-order valence-electron chi connectivity index (χ1n) is 7.09. The van der Waals surface area contributed by atoms with Crippen molar-refractivity contribution in [2.45, 2.75) is 19.4 Å². The molecular formula is C15H19ClN4O. The number of piperazine rings is 1. The van der Waals surface area contributed by atoms with Gasteiger partial charge in [-0.3, -0.25) is 4.90 Å². The Bertz CT molecular complexity index is 517. The first-order chi connectivity index (χ1) is 10.1. The molecule has 0 spiro atoms. The van der Waals surface area contributed by atoms with Crippen LogP contribution < -0.4 is 5.32 Å². The van der Waals surface area contributed by atoms with Crippen molar-refractivity contribution in [3.63, 3.8) is 0 Å². The number of benzene rings is 1. The number of anilines is 1. The fraction of sp³-hybridized carbons (Fsp3) is 0.467. The second-order valence-corrected chi connectivity index (χ2v) is 5.45. The van der Waals surface area contributed by atoms with Crippen LogP contribution >= 0.6 is 11.6 Å². The topological polar surface area (TPSA) is 59.4 Å². The number of amides is 2. The predicted molar refractivity (Wildman–Crippen MR) is 83.3 cm³/mol. The minimum absolute atomic E-state index is 0.0496. The molecule has 0 radical (unpaired) electrons. The van der Waals surface area contributed by atoms with Crippen molar-refractivity contribution in [1.29, 1.82) is 5.26 Å². The van der Waals surface area contributed by atoms with E-state index >= 15 is 0 Å². The third kappa shape index (κ3) is 4.10. The van der Waals surface area contributed by atoms with E-state index in [0.717, 1.165) is 25.2 Å². The van der Waals surface area contributed by atoms with Crippen molar-refractivity contribution in [3.05, 3.63) is 29.3 Å². The zero-order valence-corrected chi connectivity index (χ0v) is 12.8. The zero-order chi connectivity index (χ0) is 15.2. The fourth-order valence-corrected chi connectivity index (χ4v) is 2.53. The predicted octanol–water partition coefficient (Wildman–Crippen LogP) is 2.79. The maximum Gasteiger partial charge on any atom is 0.321 e. The minimum Gasteiger partial charge on any atom is -0.322 e. The molecule has 0 bridgehead atoms. The third-order valence-corrected chi connectivity index (χ3v) is 3.93. The molecule has 21 heavy (non-hydrogen) atoms. The molecule has 6 heteroatoms. The first-order valence-corrected chi connectivity index (χ1v) is 7.47. The Hall–Kier alpha value is -1.77. The lowest BCUT2D eigenvalue weighted by Crippen LogP contribution is -2.52. The summed E-state index contributed by atoms with van der Waals surface area (Å²) in [6, 6.07) is 9.19. The van der Waals surface area contributed by atoms with Gasteiger partial charge in [-0.05, 0) is 30.7 Å². The van der Waals surface area contributed by atoms with E-state index in [0.29, 0.717) is 18.1 Å². The fourth-order valence-electron chi connectivity index (χ4n) is 2.40. The summed E-state index contributed by atoms with van der Waals surface area (Å²) in [4.78, 5) is 16.1. The van der Waals surface area contributed by atoms with Crippen molar-refractivity contribution in [1.82, 2.24) is 9.80 Å². The Morgan fingerprint density at radius 3 is 2.48 bits per heavy atom. The Morgan fingerprint density at radius 2 is 1.95 bits per heavy atom. The molecule has 112 valence electrons. The van der Waals surface area contributed by atoms with Gasteiger partial charge < -0.3 is 10.2 Å². The molecule has 5 nitrogen and oxygen atoms in total. The van der Waals surface area contributed by atoms with Crippen LogP contribution in [0.2, 0.25) is 5.02 Å². The van der Waals surface area contributed by atoms with Crippen molar-refractivity contribution in [2.24, 2.45) is 0 Å². The van der Waals surface area contributed by atoms with Crippen LogP contribution in [0.3, 0.4) is 0 Å². The summed E-state index contributed by atoms with van der Waals surface area (Å²) in [6.07, 6.45) is 0.813. The van der Waals surface area contributed by atoms with E-state index in [1.54, 1.807) is 29.2 Å². The molecule has 1 fully saturated rings. The first kappa shape index (κ1) is 15.6.